The molecule has 4 nitrogen and oxygen atoms in total. The summed E-state index contributed by atoms with van der Waals surface area (Å²) in [5.41, 5.74) is 2.94. The molecule has 1 amide bonds. The van der Waals surface area contributed by atoms with Gasteiger partial charge in [-0.2, -0.15) is 0 Å². The molecule has 2 heterocycles. The van der Waals surface area contributed by atoms with E-state index < -0.39 is 0 Å². The van der Waals surface area contributed by atoms with Crippen molar-refractivity contribution in [1.82, 2.24) is 9.97 Å². The summed E-state index contributed by atoms with van der Waals surface area (Å²) in [6, 6.07) is 7.60. The van der Waals surface area contributed by atoms with Crippen LogP contribution in [0.25, 0.3) is 10.2 Å². The zero-order valence-corrected chi connectivity index (χ0v) is 14.5. The lowest BCUT2D eigenvalue weighted by molar-refractivity contribution is -0.118. The van der Waals surface area contributed by atoms with Crippen LogP contribution in [-0.4, -0.2) is 15.9 Å². The van der Waals surface area contributed by atoms with Gasteiger partial charge in [-0.3, -0.25) is 14.7 Å². The number of hydrogen-bond acceptors (Lipinski definition) is 4. The lowest BCUT2D eigenvalue weighted by Gasteiger charge is -2.19. The Labute approximate surface area is 143 Å². The van der Waals surface area contributed by atoms with Gasteiger partial charge in [0.1, 0.15) is 0 Å². The van der Waals surface area contributed by atoms with Gasteiger partial charge in [-0.1, -0.05) is 29.9 Å². The summed E-state index contributed by atoms with van der Waals surface area (Å²) in [4.78, 5) is 22.8. The molecule has 23 heavy (non-hydrogen) atoms. The fourth-order valence-electron chi connectivity index (χ4n) is 2.38. The quantitative estimate of drug-likeness (QED) is 0.694. The summed E-state index contributed by atoms with van der Waals surface area (Å²) in [6.45, 7) is 4.33. The minimum absolute atomic E-state index is 0.0459. The predicted octanol–water partition coefficient (Wildman–Crippen LogP) is 4.60. The molecule has 0 saturated carbocycles. The number of amides is 1. The fourth-order valence-corrected chi connectivity index (χ4v) is 3.82. The van der Waals surface area contributed by atoms with E-state index in [2.05, 4.69) is 9.97 Å². The van der Waals surface area contributed by atoms with E-state index >= 15 is 0 Å². The van der Waals surface area contributed by atoms with Gasteiger partial charge in [0, 0.05) is 23.8 Å². The summed E-state index contributed by atoms with van der Waals surface area (Å²) in [7, 11) is 0. The maximum absolute atomic E-state index is 12.4. The Morgan fingerprint density at radius 2 is 2.04 bits per heavy atom. The maximum atomic E-state index is 12.4. The molecular formula is C17H16ClN3OS. The minimum atomic E-state index is 0.0459. The highest BCUT2D eigenvalue weighted by atomic mass is 35.5. The number of anilines is 1. The van der Waals surface area contributed by atoms with Crippen molar-refractivity contribution in [3.05, 3.63) is 52.8 Å². The summed E-state index contributed by atoms with van der Waals surface area (Å²) in [6.07, 6.45) is 3.89. The molecule has 0 N–H and O–H groups in total. The average molecular weight is 346 g/mol. The van der Waals surface area contributed by atoms with Gasteiger partial charge in [-0.25, -0.2) is 4.98 Å². The molecular weight excluding hydrogens is 330 g/mol. The van der Waals surface area contributed by atoms with Crippen LogP contribution in [0.1, 0.15) is 24.5 Å². The second-order valence-corrected chi connectivity index (χ2v) is 6.70. The number of nitrogens with zero attached hydrogens (tertiary/aromatic N) is 3. The normalized spacial score (nSPS) is 10.9. The second-order valence-electron chi connectivity index (χ2n) is 5.25. The third-order valence-electron chi connectivity index (χ3n) is 3.56. The SMILES string of the molecule is CCC(=O)N(Cc1ccncc1)c1nc2c(C)cc(Cl)cc2s1. The Bertz CT molecular complexity index is 848. The van der Waals surface area contributed by atoms with Gasteiger partial charge in [0.15, 0.2) is 5.13 Å². The molecule has 0 spiro atoms. The number of pyridine rings is 1. The second kappa shape index (κ2) is 6.64. The predicted molar refractivity (Wildman–Crippen MR) is 95.1 cm³/mol. The first kappa shape index (κ1) is 15.9. The van der Waals surface area contributed by atoms with E-state index in [9.17, 15) is 4.79 Å². The Hall–Kier alpha value is -1.98. The summed E-state index contributed by atoms with van der Waals surface area (Å²) in [5.74, 6) is 0.0459. The zero-order valence-electron chi connectivity index (χ0n) is 12.9. The van der Waals surface area contributed by atoms with Crippen LogP contribution in [0.4, 0.5) is 5.13 Å². The molecule has 0 radical (unpaired) electrons. The van der Waals surface area contributed by atoms with E-state index in [1.54, 1.807) is 17.3 Å². The molecule has 3 aromatic rings. The van der Waals surface area contributed by atoms with E-state index in [1.807, 2.05) is 38.1 Å². The van der Waals surface area contributed by atoms with Crippen molar-refractivity contribution >= 4 is 44.2 Å². The van der Waals surface area contributed by atoms with Crippen LogP contribution >= 0.6 is 22.9 Å². The van der Waals surface area contributed by atoms with Crippen molar-refractivity contribution in [2.24, 2.45) is 0 Å². The van der Waals surface area contributed by atoms with Gasteiger partial charge in [0.2, 0.25) is 5.91 Å². The number of halogens is 1. The minimum Gasteiger partial charge on any atom is -0.284 e. The van der Waals surface area contributed by atoms with Crippen LogP contribution in [0.2, 0.25) is 5.02 Å². The Balaban J connectivity index is 2.03. The number of rotatable bonds is 4. The van der Waals surface area contributed by atoms with Crippen LogP contribution in [-0.2, 0) is 11.3 Å². The Kier molecular flexibility index (Phi) is 4.59. The highest BCUT2D eigenvalue weighted by molar-refractivity contribution is 7.22. The van der Waals surface area contributed by atoms with Crippen molar-refractivity contribution < 1.29 is 4.79 Å². The van der Waals surface area contributed by atoms with E-state index in [1.165, 1.54) is 11.3 Å². The maximum Gasteiger partial charge on any atom is 0.228 e. The standard InChI is InChI=1S/C17H16ClN3OS/c1-3-15(22)21(10-12-4-6-19-7-5-12)17-20-16-11(2)8-13(18)9-14(16)23-17/h4-9H,3,10H2,1-2H3. The molecule has 0 aliphatic rings. The number of hydrogen-bond donors (Lipinski definition) is 0. The highest BCUT2D eigenvalue weighted by Gasteiger charge is 2.19. The molecule has 1 aromatic carbocycles. The third kappa shape index (κ3) is 3.35. The van der Waals surface area contributed by atoms with Crippen molar-refractivity contribution in [3.63, 3.8) is 0 Å². The first-order chi connectivity index (χ1) is 11.1. The lowest BCUT2D eigenvalue weighted by atomic mass is 10.2. The highest BCUT2D eigenvalue weighted by Crippen LogP contribution is 2.33. The number of aromatic nitrogens is 2. The molecule has 3 rings (SSSR count). The molecule has 0 saturated heterocycles. The monoisotopic (exact) mass is 345 g/mol. The van der Waals surface area contributed by atoms with Crippen molar-refractivity contribution in [2.45, 2.75) is 26.8 Å². The summed E-state index contributed by atoms with van der Waals surface area (Å²) < 4.78 is 0.994. The average Bonchev–Trinajstić information content (AvgIpc) is 2.97. The molecule has 118 valence electrons. The molecule has 0 atom stereocenters. The Morgan fingerprint density at radius 3 is 2.74 bits per heavy atom. The molecule has 2 aromatic heterocycles. The number of fused-ring (bicyclic) bond motifs is 1. The van der Waals surface area contributed by atoms with Gasteiger partial charge < -0.3 is 0 Å². The molecule has 0 unspecified atom stereocenters. The zero-order chi connectivity index (χ0) is 16.4. The first-order valence-corrected chi connectivity index (χ1v) is 8.54. The number of carbonyl (C=O) groups excluding carboxylic acids is 1. The molecule has 0 fully saturated rings. The van der Waals surface area contributed by atoms with Crippen molar-refractivity contribution in [3.8, 4) is 0 Å². The van der Waals surface area contributed by atoms with E-state index in [4.69, 9.17) is 11.6 Å². The van der Waals surface area contributed by atoms with Gasteiger partial charge in [-0.15, -0.1) is 0 Å². The van der Waals surface area contributed by atoms with Gasteiger partial charge in [-0.05, 0) is 42.3 Å². The van der Waals surface area contributed by atoms with Crippen LogP contribution in [0.15, 0.2) is 36.7 Å². The first-order valence-electron chi connectivity index (χ1n) is 7.34. The van der Waals surface area contributed by atoms with E-state index in [0.717, 1.165) is 21.3 Å². The van der Waals surface area contributed by atoms with Crippen LogP contribution < -0.4 is 4.90 Å². The van der Waals surface area contributed by atoms with Crippen LogP contribution in [0, 0.1) is 6.92 Å². The summed E-state index contributed by atoms with van der Waals surface area (Å²) >= 11 is 7.61. The van der Waals surface area contributed by atoms with Gasteiger partial charge in [0.05, 0.1) is 16.8 Å². The lowest BCUT2D eigenvalue weighted by Crippen LogP contribution is -2.29. The molecule has 0 aliphatic carbocycles. The molecule has 0 aliphatic heterocycles. The molecule has 0 bridgehead atoms. The van der Waals surface area contributed by atoms with Crippen LogP contribution in [0.5, 0.6) is 0 Å². The fraction of sp³-hybridized carbons (Fsp3) is 0.235. The topological polar surface area (TPSA) is 46.1 Å². The van der Waals surface area contributed by atoms with E-state index in [0.29, 0.717) is 23.1 Å². The van der Waals surface area contributed by atoms with Crippen molar-refractivity contribution in [2.75, 3.05) is 4.90 Å². The van der Waals surface area contributed by atoms with Crippen molar-refractivity contribution in [1.29, 1.82) is 0 Å². The number of carbonyl (C=O) groups is 1. The number of thiazole rings is 1. The smallest absolute Gasteiger partial charge is 0.228 e. The number of aryl methyl sites for hydroxylation is 1. The number of benzene rings is 1. The van der Waals surface area contributed by atoms with Gasteiger partial charge >= 0.3 is 0 Å². The van der Waals surface area contributed by atoms with Gasteiger partial charge in [0.25, 0.3) is 0 Å². The third-order valence-corrected chi connectivity index (χ3v) is 4.81. The summed E-state index contributed by atoms with van der Waals surface area (Å²) in [5, 5.41) is 1.39. The largest absolute Gasteiger partial charge is 0.284 e. The molecule has 6 heteroatoms. The Morgan fingerprint density at radius 1 is 1.30 bits per heavy atom. The van der Waals surface area contributed by atoms with Crippen LogP contribution in [0.3, 0.4) is 0 Å². The van der Waals surface area contributed by atoms with E-state index in [-0.39, 0.29) is 5.91 Å².